The van der Waals surface area contributed by atoms with Crippen molar-refractivity contribution in [1.29, 1.82) is 0 Å². The van der Waals surface area contributed by atoms with Gasteiger partial charge in [0, 0.05) is 17.9 Å². The number of carbonyl (C=O) groups excluding carboxylic acids is 1. The first-order valence-electron chi connectivity index (χ1n) is 6.61. The SMILES string of the molecule is COc1ccc(OCC(=O)c2ccc(S(C)(=O)=O)cc2)c(Cl)c1. The summed E-state index contributed by atoms with van der Waals surface area (Å²) in [7, 11) is -1.76. The van der Waals surface area contributed by atoms with Crippen LogP contribution in [0.5, 0.6) is 11.5 Å². The number of ketones is 1. The number of benzene rings is 2. The maximum absolute atomic E-state index is 12.1. The molecule has 0 aliphatic carbocycles. The summed E-state index contributed by atoms with van der Waals surface area (Å²) in [5, 5.41) is 0.338. The predicted octanol–water partition coefficient (Wildman–Crippen LogP) is 3.01. The van der Waals surface area contributed by atoms with E-state index >= 15 is 0 Å². The first-order valence-corrected chi connectivity index (χ1v) is 8.88. The molecule has 122 valence electrons. The minimum atomic E-state index is -3.28. The highest BCUT2D eigenvalue weighted by atomic mass is 35.5. The second-order valence-electron chi connectivity index (χ2n) is 4.80. The molecule has 0 bridgehead atoms. The third kappa shape index (κ3) is 4.46. The van der Waals surface area contributed by atoms with Gasteiger partial charge in [0.2, 0.25) is 0 Å². The molecule has 0 unspecified atom stereocenters. The maximum Gasteiger partial charge on any atom is 0.200 e. The van der Waals surface area contributed by atoms with E-state index in [1.807, 2.05) is 0 Å². The van der Waals surface area contributed by atoms with E-state index in [1.165, 1.54) is 31.4 Å². The minimum Gasteiger partial charge on any atom is -0.497 e. The van der Waals surface area contributed by atoms with Crippen molar-refractivity contribution in [3.8, 4) is 11.5 Å². The van der Waals surface area contributed by atoms with Crippen LogP contribution in [0, 0.1) is 0 Å². The van der Waals surface area contributed by atoms with Crippen LogP contribution < -0.4 is 9.47 Å². The molecule has 0 saturated carbocycles. The lowest BCUT2D eigenvalue weighted by Gasteiger charge is -2.09. The van der Waals surface area contributed by atoms with Crippen molar-refractivity contribution in [3.05, 3.63) is 53.1 Å². The molecule has 0 fully saturated rings. The van der Waals surface area contributed by atoms with Gasteiger partial charge in [0.25, 0.3) is 0 Å². The van der Waals surface area contributed by atoms with Crippen LogP contribution in [0.3, 0.4) is 0 Å². The van der Waals surface area contributed by atoms with Gasteiger partial charge in [-0.3, -0.25) is 4.79 Å². The molecule has 2 aromatic carbocycles. The summed E-state index contributed by atoms with van der Waals surface area (Å²) in [5.41, 5.74) is 0.363. The molecule has 23 heavy (non-hydrogen) atoms. The Morgan fingerprint density at radius 3 is 2.30 bits per heavy atom. The lowest BCUT2D eigenvalue weighted by molar-refractivity contribution is 0.0921. The molecule has 0 N–H and O–H groups in total. The van der Waals surface area contributed by atoms with E-state index in [2.05, 4.69) is 0 Å². The van der Waals surface area contributed by atoms with Gasteiger partial charge < -0.3 is 9.47 Å². The number of hydrogen-bond acceptors (Lipinski definition) is 5. The van der Waals surface area contributed by atoms with Crippen molar-refractivity contribution in [2.45, 2.75) is 4.90 Å². The van der Waals surface area contributed by atoms with Crippen LogP contribution in [-0.4, -0.2) is 34.2 Å². The average Bonchev–Trinajstić information content (AvgIpc) is 2.52. The summed E-state index contributed by atoms with van der Waals surface area (Å²) in [6, 6.07) is 10.6. The topological polar surface area (TPSA) is 69.7 Å². The lowest BCUT2D eigenvalue weighted by Crippen LogP contribution is -2.12. The summed E-state index contributed by atoms with van der Waals surface area (Å²) in [6.07, 6.45) is 1.11. The zero-order valence-electron chi connectivity index (χ0n) is 12.6. The zero-order chi connectivity index (χ0) is 17.0. The van der Waals surface area contributed by atoms with Crippen LogP contribution in [0.15, 0.2) is 47.4 Å². The Kier molecular flexibility index (Phi) is 5.28. The molecule has 0 saturated heterocycles. The largest absolute Gasteiger partial charge is 0.497 e. The van der Waals surface area contributed by atoms with E-state index in [0.717, 1.165) is 6.26 Å². The lowest BCUT2D eigenvalue weighted by atomic mass is 10.1. The van der Waals surface area contributed by atoms with E-state index in [9.17, 15) is 13.2 Å². The maximum atomic E-state index is 12.1. The van der Waals surface area contributed by atoms with Gasteiger partial charge in [-0.25, -0.2) is 8.42 Å². The van der Waals surface area contributed by atoms with Crippen LogP contribution in [0.4, 0.5) is 0 Å². The van der Waals surface area contributed by atoms with Gasteiger partial charge in [-0.1, -0.05) is 11.6 Å². The molecule has 0 radical (unpaired) electrons. The van der Waals surface area contributed by atoms with Crippen molar-refractivity contribution in [2.75, 3.05) is 20.0 Å². The molecule has 2 aromatic rings. The van der Waals surface area contributed by atoms with Crippen molar-refractivity contribution < 1.29 is 22.7 Å². The second-order valence-corrected chi connectivity index (χ2v) is 7.23. The normalized spacial score (nSPS) is 11.1. The fourth-order valence-electron chi connectivity index (χ4n) is 1.84. The Balaban J connectivity index is 2.05. The van der Waals surface area contributed by atoms with E-state index in [4.69, 9.17) is 21.1 Å². The Labute approximate surface area is 139 Å². The highest BCUT2D eigenvalue weighted by molar-refractivity contribution is 7.90. The molecule has 2 rings (SSSR count). The second kappa shape index (κ2) is 7.02. The highest BCUT2D eigenvalue weighted by Crippen LogP contribution is 2.28. The summed E-state index contributed by atoms with van der Waals surface area (Å²) in [4.78, 5) is 12.2. The van der Waals surface area contributed by atoms with Crippen LogP contribution in [0.1, 0.15) is 10.4 Å². The summed E-state index contributed by atoms with van der Waals surface area (Å²) in [5.74, 6) is 0.676. The number of carbonyl (C=O) groups is 1. The molecule has 0 aliphatic heterocycles. The Morgan fingerprint density at radius 2 is 1.78 bits per heavy atom. The third-order valence-corrected chi connectivity index (χ3v) is 4.53. The molecule has 0 aliphatic rings. The third-order valence-electron chi connectivity index (χ3n) is 3.10. The number of halogens is 1. The van der Waals surface area contributed by atoms with Crippen LogP contribution in [-0.2, 0) is 9.84 Å². The monoisotopic (exact) mass is 354 g/mol. The van der Waals surface area contributed by atoms with E-state index in [0.29, 0.717) is 22.1 Å². The van der Waals surface area contributed by atoms with Crippen molar-refractivity contribution in [2.24, 2.45) is 0 Å². The van der Waals surface area contributed by atoms with Gasteiger partial charge in [-0.05, 0) is 36.4 Å². The van der Waals surface area contributed by atoms with Crippen molar-refractivity contribution in [1.82, 2.24) is 0 Å². The molecule has 5 nitrogen and oxygen atoms in total. The number of ether oxygens (including phenoxy) is 2. The highest BCUT2D eigenvalue weighted by Gasteiger charge is 2.12. The number of sulfone groups is 1. The fraction of sp³-hybridized carbons (Fsp3) is 0.188. The van der Waals surface area contributed by atoms with Crippen LogP contribution >= 0.6 is 11.6 Å². The number of methoxy groups -OCH3 is 1. The Hall–Kier alpha value is -2.05. The van der Waals surface area contributed by atoms with Gasteiger partial charge in [-0.15, -0.1) is 0 Å². The number of rotatable bonds is 6. The molecule has 7 heteroatoms. The quantitative estimate of drug-likeness (QED) is 0.746. The first kappa shape index (κ1) is 17.3. The summed E-state index contributed by atoms with van der Waals surface area (Å²) < 4.78 is 33.2. The number of hydrogen-bond donors (Lipinski definition) is 0. The summed E-state index contributed by atoms with van der Waals surface area (Å²) in [6.45, 7) is -0.204. The smallest absolute Gasteiger partial charge is 0.200 e. The van der Waals surface area contributed by atoms with Gasteiger partial charge in [-0.2, -0.15) is 0 Å². The minimum absolute atomic E-state index is 0.160. The summed E-state index contributed by atoms with van der Waals surface area (Å²) >= 11 is 6.03. The predicted molar refractivity (Wildman–Crippen MR) is 87.4 cm³/mol. The fourth-order valence-corrected chi connectivity index (χ4v) is 2.70. The zero-order valence-corrected chi connectivity index (χ0v) is 14.1. The standard InChI is InChI=1S/C16H15ClO5S/c1-21-12-5-8-16(14(17)9-12)22-10-15(18)11-3-6-13(7-4-11)23(2,19)20/h3-9H,10H2,1-2H3. The molecule has 0 aromatic heterocycles. The number of Topliss-reactive ketones (excluding diaryl/α,β-unsaturated/α-hetero) is 1. The van der Waals surface area contributed by atoms with Crippen LogP contribution in [0.25, 0.3) is 0 Å². The van der Waals surface area contributed by atoms with Gasteiger partial charge in [0.15, 0.2) is 22.2 Å². The van der Waals surface area contributed by atoms with E-state index in [1.54, 1.807) is 18.2 Å². The molecule has 0 amide bonds. The molecular formula is C16H15ClO5S. The van der Waals surface area contributed by atoms with Crippen molar-refractivity contribution >= 4 is 27.2 Å². The Bertz CT molecular complexity index is 813. The molecule has 0 heterocycles. The molecule has 0 spiro atoms. The van der Waals surface area contributed by atoms with E-state index < -0.39 is 9.84 Å². The molecule has 0 atom stereocenters. The van der Waals surface area contributed by atoms with E-state index in [-0.39, 0.29) is 17.3 Å². The van der Waals surface area contributed by atoms with Gasteiger partial charge in [0.1, 0.15) is 11.5 Å². The average molecular weight is 355 g/mol. The van der Waals surface area contributed by atoms with Crippen LogP contribution in [0.2, 0.25) is 5.02 Å². The first-order chi connectivity index (χ1) is 10.8. The van der Waals surface area contributed by atoms with Gasteiger partial charge >= 0.3 is 0 Å². The van der Waals surface area contributed by atoms with Crippen molar-refractivity contribution in [3.63, 3.8) is 0 Å². The van der Waals surface area contributed by atoms with Gasteiger partial charge in [0.05, 0.1) is 17.0 Å². The molecular weight excluding hydrogens is 340 g/mol. The Morgan fingerprint density at radius 1 is 1.13 bits per heavy atom.